The zero-order valence-corrected chi connectivity index (χ0v) is 17.1. The normalized spacial score (nSPS) is 12.6. The molecular weight excluding hydrogens is 357 g/mol. The first-order chi connectivity index (χ1) is 13.1. The summed E-state index contributed by atoms with van der Waals surface area (Å²) in [5, 5.41) is 1.99. The summed E-state index contributed by atoms with van der Waals surface area (Å²) in [4.78, 5) is 0. The van der Waals surface area contributed by atoms with Crippen LogP contribution < -0.4 is 0 Å². The standard InChI is InChI=1S/C24H29ClFN/c1-3-5-6-7-9-18(8-4-2)23-17-27(21-13-11-20(26)12-14-21)24-15-10-19(25)16-22(23)24/h10-18H,3-9H2,1-2H3. The molecule has 0 bridgehead atoms. The van der Waals surface area contributed by atoms with Crippen molar-refractivity contribution in [1.29, 1.82) is 0 Å². The summed E-state index contributed by atoms with van der Waals surface area (Å²) in [5.74, 6) is 0.327. The Morgan fingerprint density at radius 3 is 2.41 bits per heavy atom. The molecule has 0 aliphatic rings. The highest BCUT2D eigenvalue weighted by molar-refractivity contribution is 6.31. The molecule has 0 N–H and O–H groups in total. The number of hydrogen-bond acceptors (Lipinski definition) is 0. The van der Waals surface area contributed by atoms with Gasteiger partial charge < -0.3 is 4.57 Å². The molecule has 0 aliphatic carbocycles. The Morgan fingerprint density at radius 2 is 1.70 bits per heavy atom. The van der Waals surface area contributed by atoms with Crippen LogP contribution >= 0.6 is 11.6 Å². The largest absolute Gasteiger partial charge is 0.316 e. The van der Waals surface area contributed by atoms with Crippen molar-refractivity contribution in [2.45, 2.75) is 64.7 Å². The number of halogens is 2. The Morgan fingerprint density at radius 1 is 0.926 bits per heavy atom. The second kappa shape index (κ2) is 9.41. The molecule has 0 amide bonds. The van der Waals surface area contributed by atoms with Crippen LogP contribution in [0.5, 0.6) is 0 Å². The summed E-state index contributed by atoms with van der Waals surface area (Å²) in [7, 11) is 0. The van der Waals surface area contributed by atoms with Gasteiger partial charge in [0.2, 0.25) is 0 Å². The lowest BCUT2D eigenvalue weighted by Crippen LogP contribution is -1.99. The molecular formula is C24H29ClFN. The first kappa shape index (κ1) is 19.9. The van der Waals surface area contributed by atoms with Gasteiger partial charge in [-0.25, -0.2) is 4.39 Å². The molecule has 0 saturated carbocycles. The molecule has 3 rings (SSSR count). The second-order valence-corrected chi connectivity index (χ2v) is 7.86. The van der Waals surface area contributed by atoms with Crippen LogP contribution in [0.4, 0.5) is 4.39 Å². The minimum Gasteiger partial charge on any atom is -0.316 e. The van der Waals surface area contributed by atoms with E-state index in [0.29, 0.717) is 5.92 Å². The van der Waals surface area contributed by atoms with Crippen LogP contribution in [0.2, 0.25) is 5.02 Å². The Kier molecular flexibility index (Phi) is 6.95. The van der Waals surface area contributed by atoms with E-state index < -0.39 is 0 Å². The van der Waals surface area contributed by atoms with E-state index in [4.69, 9.17) is 11.6 Å². The molecule has 0 aliphatic heterocycles. The van der Waals surface area contributed by atoms with Crippen LogP contribution in [0.25, 0.3) is 16.6 Å². The summed E-state index contributed by atoms with van der Waals surface area (Å²) in [6.45, 7) is 4.51. The predicted molar refractivity (Wildman–Crippen MR) is 115 cm³/mol. The van der Waals surface area contributed by atoms with Crippen LogP contribution in [0.15, 0.2) is 48.7 Å². The zero-order chi connectivity index (χ0) is 19.2. The van der Waals surface area contributed by atoms with Crippen LogP contribution in [-0.2, 0) is 0 Å². The van der Waals surface area contributed by atoms with Crippen LogP contribution in [0.3, 0.4) is 0 Å². The number of unbranched alkanes of at least 4 members (excludes halogenated alkanes) is 3. The summed E-state index contributed by atoms with van der Waals surface area (Å²) in [5.41, 5.74) is 3.49. The van der Waals surface area contributed by atoms with Crippen LogP contribution in [-0.4, -0.2) is 4.57 Å². The summed E-state index contributed by atoms with van der Waals surface area (Å²) >= 11 is 6.34. The molecule has 3 heteroatoms. The quantitative estimate of drug-likeness (QED) is 0.326. The third-order valence-corrected chi connectivity index (χ3v) is 5.62. The monoisotopic (exact) mass is 385 g/mol. The smallest absolute Gasteiger partial charge is 0.123 e. The molecule has 27 heavy (non-hydrogen) atoms. The maximum atomic E-state index is 13.4. The van der Waals surface area contributed by atoms with E-state index >= 15 is 0 Å². The Labute approximate surface area is 167 Å². The summed E-state index contributed by atoms with van der Waals surface area (Å²) < 4.78 is 15.6. The van der Waals surface area contributed by atoms with Gasteiger partial charge in [0.25, 0.3) is 0 Å². The highest BCUT2D eigenvalue weighted by Crippen LogP contribution is 2.36. The minimum atomic E-state index is -0.210. The molecule has 0 saturated heterocycles. The Balaban J connectivity index is 2.02. The fourth-order valence-electron chi connectivity index (χ4n) is 3.99. The van der Waals surface area contributed by atoms with Gasteiger partial charge in [-0.3, -0.25) is 0 Å². The van der Waals surface area contributed by atoms with E-state index in [1.165, 1.54) is 68.0 Å². The minimum absolute atomic E-state index is 0.210. The molecule has 1 nitrogen and oxygen atoms in total. The average Bonchev–Trinajstić information content (AvgIpc) is 3.03. The van der Waals surface area contributed by atoms with Crippen LogP contribution in [0, 0.1) is 5.82 Å². The maximum Gasteiger partial charge on any atom is 0.123 e. The maximum absolute atomic E-state index is 13.4. The molecule has 0 fully saturated rings. The number of benzene rings is 2. The molecule has 3 aromatic rings. The van der Waals surface area contributed by atoms with Gasteiger partial charge in [-0.15, -0.1) is 0 Å². The van der Waals surface area contributed by atoms with Gasteiger partial charge in [0.1, 0.15) is 5.82 Å². The lowest BCUT2D eigenvalue weighted by atomic mass is 9.89. The predicted octanol–water partition coefficient (Wildman–Crippen LogP) is 8.28. The van der Waals surface area contributed by atoms with Crippen molar-refractivity contribution in [3.63, 3.8) is 0 Å². The fourth-order valence-corrected chi connectivity index (χ4v) is 4.16. The topological polar surface area (TPSA) is 4.93 Å². The number of aromatic nitrogens is 1. The third kappa shape index (κ3) is 4.73. The highest BCUT2D eigenvalue weighted by Gasteiger charge is 2.18. The lowest BCUT2D eigenvalue weighted by Gasteiger charge is -2.16. The SMILES string of the molecule is CCCCCCC(CCC)c1cn(-c2ccc(F)cc2)c2ccc(Cl)cc12. The van der Waals surface area contributed by atoms with Gasteiger partial charge in [-0.2, -0.15) is 0 Å². The number of rotatable bonds is 9. The zero-order valence-electron chi connectivity index (χ0n) is 16.3. The molecule has 0 radical (unpaired) electrons. The fraction of sp³-hybridized carbons (Fsp3) is 0.417. The molecule has 1 heterocycles. The molecule has 2 aromatic carbocycles. The van der Waals surface area contributed by atoms with Crippen molar-refractivity contribution in [3.05, 3.63) is 65.1 Å². The van der Waals surface area contributed by atoms with Crippen molar-refractivity contribution in [2.75, 3.05) is 0 Å². The highest BCUT2D eigenvalue weighted by atomic mass is 35.5. The van der Waals surface area contributed by atoms with Crippen molar-refractivity contribution in [2.24, 2.45) is 0 Å². The van der Waals surface area contributed by atoms with E-state index in [2.05, 4.69) is 36.7 Å². The average molecular weight is 386 g/mol. The second-order valence-electron chi connectivity index (χ2n) is 7.43. The van der Waals surface area contributed by atoms with Gasteiger partial charge in [0.15, 0.2) is 0 Å². The third-order valence-electron chi connectivity index (χ3n) is 5.39. The molecule has 1 aromatic heterocycles. The number of nitrogens with zero attached hydrogens (tertiary/aromatic N) is 1. The van der Waals surface area contributed by atoms with E-state index in [9.17, 15) is 4.39 Å². The number of fused-ring (bicyclic) bond motifs is 1. The molecule has 1 atom stereocenters. The first-order valence-corrected chi connectivity index (χ1v) is 10.6. The van der Waals surface area contributed by atoms with Gasteiger partial charge in [-0.05, 0) is 66.8 Å². The van der Waals surface area contributed by atoms with Crippen molar-refractivity contribution in [1.82, 2.24) is 4.57 Å². The van der Waals surface area contributed by atoms with Crippen molar-refractivity contribution >= 4 is 22.5 Å². The van der Waals surface area contributed by atoms with Gasteiger partial charge >= 0.3 is 0 Å². The Hall–Kier alpha value is -1.80. The molecule has 1 unspecified atom stereocenters. The Bertz CT molecular complexity index is 866. The van der Waals surface area contributed by atoms with E-state index in [-0.39, 0.29) is 5.82 Å². The van der Waals surface area contributed by atoms with Gasteiger partial charge in [0, 0.05) is 22.3 Å². The first-order valence-electron chi connectivity index (χ1n) is 10.2. The van der Waals surface area contributed by atoms with E-state index in [1.807, 2.05) is 18.2 Å². The summed E-state index contributed by atoms with van der Waals surface area (Å²) in [6, 6.07) is 12.8. The van der Waals surface area contributed by atoms with Gasteiger partial charge in [0.05, 0.1) is 5.52 Å². The van der Waals surface area contributed by atoms with Crippen molar-refractivity contribution < 1.29 is 4.39 Å². The van der Waals surface area contributed by atoms with Crippen molar-refractivity contribution in [3.8, 4) is 5.69 Å². The van der Waals surface area contributed by atoms with Crippen LogP contribution in [0.1, 0.15) is 70.3 Å². The number of hydrogen-bond donors (Lipinski definition) is 0. The van der Waals surface area contributed by atoms with E-state index in [1.54, 1.807) is 0 Å². The van der Waals surface area contributed by atoms with E-state index in [0.717, 1.165) is 16.2 Å². The molecule has 144 valence electrons. The lowest BCUT2D eigenvalue weighted by molar-refractivity contribution is 0.523. The molecule has 0 spiro atoms. The van der Waals surface area contributed by atoms with Gasteiger partial charge in [-0.1, -0.05) is 57.6 Å². The summed E-state index contributed by atoms with van der Waals surface area (Å²) in [6.07, 6.45) is 10.9.